The third kappa shape index (κ3) is 6.83. The Morgan fingerprint density at radius 3 is 2.30 bits per heavy atom. The van der Waals surface area contributed by atoms with E-state index in [1.807, 2.05) is 38.1 Å². The van der Waals surface area contributed by atoms with Crippen molar-refractivity contribution >= 4 is 23.5 Å². The number of aromatic nitrogens is 4. The summed E-state index contributed by atoms with van der Waals surface area (Å²) in [4.78, 5) is 56.3. The molecule has 230 valence electrons. The molecule has 13 heteroatoms. The first-order valence-electron chi connectivity index (χ1n) is 13.8. The number of carbonyl (C=O) groups is 3. The summed E-state index contributed by atoms with van der Waals surface area (Å²) in [5.41, 5.74) is -0.157. The lowest BCUT2D eigenvalue weighted by Gasteiger charge is -2.22. The van der Waals surface area contributed by atoms with Gasteiger partial charge in [0.1, 0.15) is 23.8 Å². The fourth-order valence-electron chi connectivity index (χ4n) is 4.44. The van der Waals surface area contributed by atoms with Gasteiger partial charge in [0.2, 0.25) is 17.6 Å². The first kappa shape index (κ1) is 31.6. The van der Waals surface area contributed by atoms with Gasteiger partial charge < -0.3 is 19.2 Å². The number of amides is 2. The zero-order chi connectivity index (χ0) is 32.0. The van der Waals surface area contributed by atoms with Gasteiger partial charge in [0, 0.05) is 5.56 Å². The maximum absolute atomic E-state index is 13.5. The summed E-state index contributed by atoms with van der Waals surface area (Å²) in [7, 11) is 2.74. The Labute approximate surface area is 253 Å². The van der Waals surface area contributed by atoms with Crippen LogP contribution in [0.25, 0.3) is 11.4 Å². The third-order valence-corrected chi connectivity index (χ3v) is 7.05. The van der Waals surface area contributed by atoms with Crippen molar-refractivity contribution in [1.82, 2.24) is 25.1 Å². The molecule has 0 aliphatic heterocycles. The second-order valence-electron chi connectivity index (χ2n) is 10.8. The molecule has 2 N–H and O–H groups in total. The highest BCUT2D eigenvalue weighted by Gasteiger charge is 2.34. The van der Waals surface area contributed by atoms with Crippen LogP contribution in [0.15, 0.2) is 70.0 Å². The van der Waals surface area contributed by atoms with Gasteiger partial charge in [0.05, 0.1) is 31.9 Å². The highest BCUT2D eigenvalue weighted by atomic mass is 16.5. The normalized spacial score (nSPS) is 12.0. The number of benzene rings is 2. The number of hydrogen-bond donors (Lipinski definition) is 2. The molecule has 4 aromatic rings. The molecule has 0 bridgehead atoms. The van der Waals surface area contributed by atoms with Crippen molar-refractivity contribution in [2.45, 2.75) is 45.7 Å². The Kier molecular flexibility index (Phi) is 9.57. The van der Waals surface area contributed by atoms with Gasteiger partial charge in [-0.05, 0) is 37.5 Å². The molecule has 2 aromatic carbocycles. The van der Waals surface area contributed by atoms with Gasteiger partial charge in [-0.1, -0.05) is 56.3 Å². The second-order valence-corrected chi connectivity index (χ2v) is 10.8. The minimum absolute atomic E-state index is 0.182. The minimum Gasteiger partial charge on any atom is -0.497 e. The van der Waals surface area contributed by atoms with Crippen LogP contribution in [-0.4, -0.2) is 57.8 Å². The number of nitrogens with one attached hydrogen (secondary N) is 2. The average molecular weight is 603 g/mol. The van der Waals surface area contributed by atoms with Crippen LogP contribution in [0, 0.1) is 5.92 Å². The standard InChI is InChI=1S/C31H34N6O7/c1-18(2)24(25(39)27-35-36-29(44-27)31(3,4)20-12-14-21(42-5)15-13-20)34-23(38)17-37-26(19-10-8-7-9-11-19)32-16-22(28(37)40)33-30(41)43-6/h7-16,18,24H,17H2,1-6H3,(H,33,41)(H,34,38)/t24-/m1/s1. The molecular weight excluding hydrogens is 568 g/mol. The summed E-state index contributed by atoms with van der Waals surface area (Å²) in [6.07, 6.45) is 0.323. The number of rotatable bonds is 11. The minimum atomic E-state index is -1.04. The van der Waals surface area contributed by atoms with Crippen molar-refractivity contribution in [2.24, 2.45) is 5.92 Å². The molecule has 0 aliphatic carbocycles. The quantitative estimate of drug-likeness (QED) is 0.241. The van der Waals surface area contributed by atoms with Gasteiger partial charge >= 0.3 is 6.09 Å². The molecule has 0 fully saturated rings. The van der Waals surface area contributed by atoms with Crippen LogP contribution in [0.2, 0.25) is 0 Å². The molecule has 0 aliphatic rings. The van der Waals surface area contributed by atoms with E-state index in [0.717, 1.165) is 17.2 Å². The van der Waals surface area contributed by atoms with E-state index in [-0.39, 0.29) is 29.2 Å². The molecule has 1 atom stereocenters. The van der Waals surface area contributed by atoms with Crippen LogP contribution in [0.1, 0.15) is 49.8 Å². The first-order chi connectivity index (χ1) is 21.0. The Bertz CT molecular complexity index is 1690. The number of carbonyl (C=O) groups excluding carboxylic acids is 3. The maximum atomic E-state index is 13.5. The van der Waals surface area contributed by atoms with Gasteiger partial charge in [-0.15, -0.1) is 10.2 Å². The van der Waals surface area contributed by atoms with Crippen LogP contribution >= 0.6 is 0 Å². The Hall–Kier alpha value is -5.33. The summed E-state index contributed by atoms with van der Waals surface area (Å²) in [5, 5.41) is 13.1. The fourth-order valence-corrected chi connectivity index (χ4v) is 4.44. The van der Waals surface area contributed by atoms with Gasteiger partial charge in [0.15, 0.2) is 0 Å². The van der Waals surface area contributed by atoms with E-state index >= 15 is 0 Å². The topological polar surface area (TPSA) is 168 Å². The summed E-state index contributed by atoms with van der Waals surface area (Å²) in [5.74, 6) is -0.738. The zero-order valence-corrected chi connectivity index (χ0v) is 25.3. The summed E-state index contributed by atoms with van der Waals surface area (Å²) in [6.45, 7) is 6.79. The maximum Gasteiger partial charge on any atom is 0.411 e. The summed E-state index contributed by atoms with van der Waals surface area (Å²) >= 11 is 0. The van der Waals surface area contributed by atoms with Crippen LogP contribution in [0.4, 0.5) is 10.5 Å². The molecule has 0 saturated carbocycles. The molecule has 2 heterocycles. The molecule has 0 spiro atoms. The van der Waals surface area contributed by atoms with E-state index in [1.54, 1.807) is 51.3 Å². The Balaban J connectivity index is 1.58. The largest absolute Gasteiger partial charge is 0.497 e. The molecule has 0 unspecified atom stereocenters. The number of methoxy groups -OCH3 is 2. The lowest BCUT2D eigenvalue weighted by atomic mass is 9.84. The summed E-state index contributed by atoms with van der Waals surface area (Å²) < 4.78 is 16.8. The predicted octanol–water partition coefficient (Wildman–Crippen LogP) is 3.83. The molecule has 4 rings (SSSR count). The van der Waals surface area contributed by atoms with E-state index in [0.29, 0.717) is 11.3 Å². The first-order valence-corrected chi connectivity index (χ1v) is 13.8. The monoisotopic (exact) mass is 602 g/mol. The van der Waals surface area contributed by atoms with Crippen molar-refractivity contribution in [1.29, 1.82) is 0 Å². The Morgan fingerprint density at radius 1 is 1.00 bits per heavy atom. The highest BCUT2D eigenvalue weighted by Crippen LogP contribution is 2.32. The van der Waals surface area contributed by atoms with E-state index in [1.165, 1.54) is 6.20 Å². The number of anilines is 1. The van der Waals surface area contributed by atoms with Gasteiger partial charge in [0.25, 0.3) is 11.4 Å². The lowest BCUT2D eigenvalue weighted by Crippen LogP contribution is -2.46. The molecule has 2 aromatic heterocycles. The average Bonchev–Trinajstić information content (AvgIpc) is 3.53. The van der Waals surface area contributed by atoms with Gasteiger partial charge in [-0.3, -0.25) is 24.3 Å². The molecular formula is C31H34N6O7. The van der Waals surface area contributed by atoms with E-state index in [9.17, 15) is 19.2 Å². The SMILES string of the molecule is COC(=O)Nc1cnc(-c2ccccc2)n(CC(=O)N[C@@H](C(=O)c2nnc(C(C)(C)c3ccc(OC)cc3)o2)C(C)C)c1=O. The van der Waals surface area contributed by atoms with Crippen molar-refractivity contribution in [2.75, 3.05) is 19.5 Å². The number of ketones is 1. The van der Waals surface area contributed by atoms with Crippen molar-refractivity contribution in [3.05, 3.63) is 88.5 Å². The molecule has 2 amide bonds. The molecule has 13 nitrogen and oxygen atoms in total. The zero-order valence-electron chi connectivity index (χ0n) is 25.3. The second kappa shape index (κ2) is 13.3. The van der Waals surface area contributed by atoms with Crippen LogP contribution in [0.5, 0.6) is 5.75 Å². The van der Waals surface area contributed by atoms with Crippen molar-refractivity contribution < 1.29 is 28.3 Å². The predicted molar refractivity (Wildman–Crippen MR) is 160 cm³/mol. The molecule has 0 saturated heterocycles. The Morgan fingerprint density at radius 2 is 1.68 bits per heavy atom. The van der Waals surface area contributed by atoms with E-state index in [2.05, 4.69) is 30.6 Å². The van der Waals surface area contributed by atoms with Crippen molar-refractivity contribution in [3.63, 3.8) is 0 Å². The fraction of sp³-hybridized carbons (Fsp3) is 0.323. The highest BCUT2D eigenvalue weighted by molar-refractivity contribution is 5.98. The molecule has 0 radical (unpaired) electrons. The van der Waals surface area contributed by atoms with Gasteiger partial charge in [-0.25, -0.2) is 9.78 Å². The third-order valence-electron chi connectivity index (χ3n) is 7.05. The van der Waals surface area contributed by atoms with E-state index < -0.39 is 41.3 Å². The number of ether oxygens (including phenoxy) is 2. The number of hydrogen-bond acceptors (Lipinski definition) is 10. The van der Waals surface area contributed by atoms with Gasteiger partial charge in [-0.2, -0.15) is 0 Å². The summed E-state index contributed by atoms with van der Waals surface area (Å²) in [6, 6.07) is 15.1. The number of nitrogens with zero attached hydrogens (tertiary/aromatic N) is 4. The van der Waals surface area contributed by atoms with Crippen LogP contribution < -0.4 is 20.9 Å². The van der Waals surface area contributed by atoms with E-state index in [4.69, 9.17) is 9.15 Å². The number of Topliss-reactive ketones (excluding diaryl/α,β-unsaturated/α-hetero) is 1. The lowest BCUT2D eigenvalue weighted by molar-refractivity contribution is -0.122. The van der Waals surface area contributed by atoms with Crippen LogP contribution in [0.3, 0.4) is 0 Å². The van der Waals surface area contributed by atoms with Crippen molar-refractivity contribution in [3.8, 4) is 17.1 Å². The molecule has 44 heavy (non-hydrogen) atoms. The smallest absolute Gasteiger partial charge is 0.411 e. The van der Waals surface area contributed by atoms with Crippen LogP contribution in [-0.2, 0) is 21.5 Å².